The Morgan fingerprint density at radius 3 is 2.55 bits per heavy atom. The molecule has 2 amide bonds. The van der Waals surface area contributed by atoms with Crippen molar-refractivity contribution < 1.29 is 37.0 Å². The number of amides is 2. The number of nitrogens with zero attached hydrogens (tertiary/aromatic N) is 2. The summed E-state index contributed by atoms with van der Waals surface area (Å²) in [6.45, 7) is 1.25. The summed E-state index contributed by atoms with van der Waals surface area (Å²) in [6, 6.07) is 5.46. The number of hydrogen-bond acceptors (Lipinski definition) is 8. The summed E-state index contributed by atoms with van der Waals surface area (Å²) in [4.78, 5) is 33.2. The summed E-state index contributed by atoms with van der Waals surface area (Å²) >= 11 is 0. The minimum Gasteiger partial charge on any atom is -0.489 e. The topological polar surface area (TPSA) is 163 Å². The van der Waals surface area contributed by atoms with Crippen LogP contribution in [0.2, 0.25) is 0 Å². The molecular formula is C26H24F4N6O4. The lowest BCUT2D eigenvalue weighted by Crippen LogP contribution is -2.52. The average Bonchev–Trinajstić information content (AvgIpc) is 3.25. The van der Waals surface area contributed by atoms with Crippen LogP contribution in [-0.4, -0.2) is 53.2 Å². The van der Waals surface area contributed by atoms with Gasteiger partial charge in [-0.2, -0.15) is 13.2 Å². The van der Waals surface area contributed by atoms with Crippen LogP contribution < -0.4 is 21.1 Å². The van der Waals surface area contributed by atoms with Gasteiger partial charge in [0.25, 0.3) is 5.91 Å². The molecule has 1 aromatic heterocycles. The van der Waals surface area contributed by atoms with Crippen LogP contribution in [0.5, 0.6) is 5.75 Å². The predicted octanol–water partition coefficient (Wildman–Crippen LogP) is 2.33. The van der Waals surface area contributed by atoms with Gasteiger partial charge in [0.15, 0.2) is 0 Å². The van der Waals surface area contributed by atoms with Gasteiger partial charge in [-0.1, -0.05) is 0 Å². The van der Waals surface area contributed by atoms with Gasteiger partial charge in [-0.15, -0.1) is 0 Å². The number of ether oxygens (including phenoxy) is 1. The van der Waals surface area contributed by atoms with E-state index in [-0.39, 0.29) is 35.0 Å². The van der Waals surface area contributed by atoms with Gasteiger partial charge in [0.05, 0.1) is 17.8 Å². The number of carbonyl (C=O) groups is 2. The number of pyridine rings is 1. The molecule has 4 rings (SSSR count). The van der Waals surface area contributed by atoms with Crippen LogP contribution in [0.25, 0.3) is 11.3 Å². The smallest absolute Gasteiger partial charge is 0.424 e. The van der Waals surface area contributed by atoms with Gasteiger partial charge in [-0.05, 0) is 50.3 Å². The number of aliphatic imine (C=N–C) groups is 1. The second kappa shape index (κ2) is 10.2. The van der Waals surface area contributed by atoms with Gasteiger partial charge in [0.1, 0.15) is 35.1 Å². The number of nitrogens with two attached hydrogens (primary N) is 1. The van der Waals surface area contributed by atoms with Gasteiger partial charge in [0, 0.05) is 29.3 Å². The fourth-order valence-corrected chi connectivity index (χ4v) is 4.11. The van der Waals surface area contributed by atoms with Crippen LogP contribution in [0.3, 0.4) is 0 Å². The van der Waals surface area contributed by atoms with E-state index < -0.39 is 52.6 Å². The third-order valence-corrected chi connectivity index (χ3v) is 6.61. The van der Waals surface area contributed by atoms with E-state index in [1.165, 1.54) is 25.3 Å². The molecule has 10 nitrogen and oxygen atoms in total. The zero-order valence-corrected chi connectivity index (χ0v) is 21.2. The minimum absolute atomic E-state index is 0.0503. The van der Waals surface area contributed by atoms with Crippen LogP contribution in [0.15, 0.2) is 59.0 Å². The summed E-state index contributed by atoms with van der Waals surface area (Å²) in [5.41, 5.74) is -0.806. The fraction of sp³-hybridized carbons (Fsp3) is 0.269. The Morgan fingerprint density at radius 1 is 1.30 bits per heavy atom. The summed E-state index contributed by atoms with van der Waals surface area (Å²) in [5.74, 6) is -2.77. The number of alkyl halides is 3. The van der Waals surface area contributed by atoms with Crippen molar-refractivity contribution in [3.63, 3.8) is 0 Å². The molecule has 0 bridgehead atoms. The molecule has 0 fully saturated rings. The number of carbonyl (C=O) groups excluding carboxylic acids is 2. The summed E-state index contributed by atoms with van der Waals surface area (Å²) in [7, 11) is 0. The summed E-state index contributed by atoms with van der Waals surface area (Å²) in [5, 5.41) is 23.3. The molecule has 40 heavy (non-hydrogen) atoms. The number of nitrogens with one attached hydrogen (secondary N) is 3. The van der Waals surface area contributed by atoms with E-state index in [1.807, 2.05) is 5.32 Å². The van der Waals surface area contributed by atoms with Crippen molar-refractivity contribution >= 4 is 23.7 Å². The van der Waals surface area contributed by atoms with Crippen molar-refractivity contribution in [1.82, 2.24) is 15.6 Å². The molecule has 2 aromatic rings. The second-order valence-corrected chi connectivity index (χ2v) is 9.40. The Kier molecular flexibility index (Phi) is 7.24. The standard InChI is InChI=1S/C26H24F4N6O4/c1-13-7-8-33-21(35-13)16(10-31)22(37)34-11-25(39,26(28,29)30)18-9-17-20(40-12-24(17,2)23(32)38)19(36-18)14-3-5-15(27)6-4-14/h3-10,31,33,39H,11-12H2,1-2H3,(H2,32,38)(H,34,37)/b21-16-,31-10?/t24-,25-/m0/s1. The predicted molar refractivity (Wildman–Crippen MR) is 136 cm³/mol. The van der Waals surface area contributed by atoms with E-state index in [4.69, 9.17) is 15.9 Å². The molecular weight excluding hydrogens is 536 g/mol. The number of halogens is 4. The Hall–Kier alpha value is -4.59. The maximum Gasteiger partial charge on any atom is 0.424 e. The molecule has 210 valence electrons. The molecule has 14 heteroatoms. The molecule has 0 aliphatic carbocycles. The van der Waals surface area contributed by atoms with Crippen LogP contribution in [-0.2, 0) is 20.6 Å². The number of aromatic nitrogens is 1. The molecule has 6 N–H and O–H groups in total. The molecule has 3 heterocycles. The van der Waals surface area contributed by atoms with Crippen molar-refractivity contribution in [1.29, 1.82) is 5.41 Å². The van der Waals surface area contributed by atoms with Crippen molar-refractivity contribution in [2.75, 3.05) is 13.2 Å². The largest absolute Gasteiger partial charge is 0.489 e. The minimum atomic E-state index is -5.39. The van der Waals surface area contributed by atoms with Crippen LogP contribution in [0.1, 0.15) is 25.1 Å². The van der Waals surface area contributed by atoms with Gasteiger partial charge >= 0.3 is 6.18 Å². The highest BCUT2D eigenvalue weighted by Crippen LogP contribution is 2.47. The first-order valence-electron chi connectivity index (χ1n) is 11.8. The van der Waals surface area contributed by atoms with Crippen LogP contribution >= 0.6 is 0 Å². The van der Waals surface area contributed by atoms with Gasteiger partial charge in [0.2, 0.25) is 11.5 Å². The highest BCUT2D eigenvalue weighted by atomic mass is 19.4. The number of allylic oxidation sites excluding steroid dienone is 1. The van der Waals surface area contributed by atoms with Crippen molar-refractivity contribution in [2.24, 2.45) is 10.7 Å². The molecule has 0 unspecified atom stereocenters. The number of aliphatic hydroxyl groups is 1. The van der Waals surface area contributed by atoms with E-state index in [1.54, 1.807) is 13.0 Å². The lowest BCUT2D eigenvalue weighted by molar-refractivity contribution is -0.265. The van der Waals surface area contributed by atoms with Crippen molar-refractivity contribution in [3.05, 3.63) is 71.1 Å². The van der Waals surface area contributed by atoms with Gasteiger partial charge in [-0.25, -0.2) is 14.4 Å². The molecule has 2 aliphatic rings. The molecule has 1 aromatic carbocycles. The number of hydrogen-bond donors (Lipinski definition) is 5. The fourth-order valence-electron chi connectivity index (χ4n) is 4.11. The first-order chi connectivity index (χ1) is 18.7. The van der Waals surface area contributed by atoms with Crippen LogP contribution in [0.4, 0.5) is 17.6 Å². The van der Waals surface area contributed by atoms with E-state index in [9.17, 15) is 32.3 Å². The normalized spacial score (nSPS) is 20.8. The Bertz CT molecular complexity index is 1490. The number of rotatable bonds is 7. The quantitative estimate of drug-likeness (QED) is 0.198. The zero-order valence-electron chi connectivity index (χ0n) is 21.2. The summed E-state index contributed by atoms with van der Waals surface area (Å²) < 4.78 is 62.7. The number of benzene rings is 1. The SMILES string of the molecule is CC1=N/C(=C(/C=N)C(=O)NC[C@](O)(c2cc3c(c(-c4ccc(F)cc4)n2)OC[C@]3(C)C(N)=O)C(F)(F)F)NC=C1. The summed E-state index contributed by atoms with van der Waals surface area (Å²) in [6.07, 6.45) is -1.77. The van der Waals surface area contributed by atoms with Crippen molar-refractivity contribution in [3.8, 4) is 17.0 Å². The van der Waals surface area contributed by atoms with Gasteiger partial charge in [-0.3, -0.25) is 9.59 Å². The van der Waals surface area contributed by atoms with E-state index >= 15 is 0 Å². The first-order valence-corrected chi connectivity index (χ1v) is 11.8. The monoisotopic (exact) mass is 560 g/mol. The Balaban J connectivity index is 1.82. The first kappa shape index (κ1) is 28.4. The Labute approximate surface area is 225 Å². The lowest BCUT2D eigenvalue weighted by atomic mass is 9.81. The van der Waals surface area contributed by atoms with Gasteiger partial charge < -0.3 is 31.6 Å². The zero-order chi connectivity index (χ0) is 29.5. The maximum atomic E-state index is 14.5. The molecule has 2 atom stereocenters. The Morgan fingerprint density at radius 2 is 1.98 bits per heavy atom. The lowest BCUT2D eigenvalue weighted by Gasteiger charge is -2.31. The molecule has 0 saturated heterocycles. The third kappa shape index (κ3) is 4.93. The molecule has 0 radical (unpaired) electrons. The maximum absolute atomic E-state index is 14.5. The highest BCUT2D eigenvalue weighted by Gasteiger charge is 2.57. The van der Waals surface area contributed by atoms with E-state index in [0.717, 1.165) is 18.2 Å². The molecule has 0 saturated carbocycles. The highest BCUT2D eigenvalue weighted by molar-refractivity contribution is 6.12. The van der Waals surface area contributed by atoms with Crippen LogP contribution in [0, 0.1) is 11.2 Å². The average molecular weight is 561 g/mol. The van der Waals surface area contributed by atoms with E-state index in [0.29, 0.717) is 11.9 Å². The molecule has 2 aliphatic heterocycles. The van der Waals surface area contributed by atoms with Crippen molar-refractivity contribution in [2.45, 2.75) is 31.0 Å². The number of primary amides is 1. The van der Waals surface area contributed by atoms with E-state index in [2.05, 4.69) is 15.3 Å². The molecule has 0 spiro atoms. The third-order valence-electron chi connectivity index (χ3n) is 6.61. The second-order valence-electron chi connectivity index (χ2n) is 9.40. The number of fused-ring (bicyclic) bond motifs is 1.